The summed E-state index contributed by atoms with van der Waals surface area (Å²) in [6.45, 7) is 0. The Morgan fingerprint density at radius 2 is 1.94 bits per heavy atom. The molecular weight excluding hydrogens is 319 g/mol. The third-order valence-electron chi connectivity index (χ3n) is 2.00. The number of nitrogens with one attached hydrogen (secondary N) is 1. The largest absolute Gasteiger partial charge is 0.465 e. The molecule has 0 aliphatic heterocycles. The highest BCUT2D eigenvalue weighted by molar-refractivity contribution is 9.09. The molecule has 0 bridgehead atoms. The number of benzene rings is 1. The summed E-state index contributed by atoms with van der Waals surface area (Å²) >= 11 is 2.78. The minimum Gasteiger partial charge on any atom is -0.465 e. The molecule has 0 atom stereocenters. The number of ketones is 1. The van der Waals surface area contributed by atoms with Crippen molar-refractivity contribution < 1.29 is 27.9 Å². The predicted molar refractivity (Wildman–Crippen MR) is 61.2 cm³/mol. The van der Waals surface area contributed by atoms with E-state index in [0.717, 1.165) is 12.1 Å². The molecule has 1 aromatic carbocycles. The Bertz CT molecular complexity index is 488. The molecule has 0 aromatic heterocycles. The van der Waals surface area contributed by atoms with E-state index < -0.39 is 29.2 Å². The van der Waals surface area contributed by atoms with Gasteiger partial charge in [0.2, 0.25) is 0 Å². The molecule has 1 amide bonds. The summed E-state index contributed by atoms with van der Waals surface area (Å²) in [4.78, 5) is 21.7. The van der Waals surface area contributed by atoms with Crippen LogP contribution in [-0.4, -0.2) is 22.3 Å². The second-order valence-electron chi connectivity index (χ2n) is 3.25. The summed E-state index contributed by atoms with van der Waals surface area (Å²) in [6, 6.07) is 2.63. The van der Waals surface area contributed by atoms with Crippen molar-refractivity contribution in [3.05, 3.63) is 29.3 Å². The van der Waals surface area contributed by atoms with Gasteiger partial charge in [0.1, 0.15) is 0 Å². The van der Waals surface area contributed by atoms with Crippen molar-refractivity contribution in [2.45, 2.75) is 6.18 Å². The lowest BCUT2D eigenvalue weighted by molar-refractivity contribution is -0.137. The maximum atomic E-state index is 12.7. The SMILES string of the molecule is O=C(O)Nc1ccc(C(=O)CBr)c(C(F)(F)F)c1. The van der Waals surface area contributed by atoms with Crippen LogP contribution in [0.15, 0.2) is 18.2 Å². The fraction of sp³-hybridized carbons (Fsp3) is 0.200. The van der Waals surface area contributed by atoms with Gasteiger partial charge in [0.15, 0.2) is 5.78 Å². The van der Waals surface area contributed by atoms with Crippen LogP contribution in [0.5, 0.6) is 0 Å². The average molecular weight is 326 g/mol. The number of halogens is 4. The summed E-state index contributed by atoms with van der Waals surface area (Å²) in [5.41, 5.74) is -1.92. The molecule has 2 N–H and O–H groups in total. The van der Waals surface area contributed by atoms with Crippen molar-refractivity contribution in [3.8, 4) is 0 Å². The monoisotopic (exact) mass is 325 g/mol. The normalized spacial score (nSPS) is 11.1. The first-order valence-electron chi connectivity index (χ1n) is 4.56. The third-order valence-corrected chi connectivity index (χ3v) is 2.51. The number of carbonyl (C=O) groups excluding carboxylic acids is 1. The number of anilines is 1. The number of hydrogen-bond donors (Lipinski definition) is 2. The van der Waals surface area contributed by atoms with E-state index in [9.17, 15) is 22.8 Å². The molecule has 8 heteroatoms. The van der Waals surface area contributed by atoms with Gasteiger partial charge in [-0.15, -0.1) is 0 Å². The second-order valence-corrected chi connectivity index (χ2v) is 3.81. The van der Waals surface area contributed by atoms with Crippen LogP contribution >= 0.6 is 15.9 Å². The van der Waals surface area contributed by atoms with E-state index in [-0.39, 0.29) is 11.0 Å². The van der Waals surface area contributed by atoms with E-state index in [4.69, 9.17) is 5.11 Å². The molecule has 4 nitrogen and oxygen atoms in total. The first-order valence-corrected chi connectivity index (χ1v) is 5.68. The van der Waals surface area contributed by atoms with E-state index in [1.54, 1.807) is 5.32 Å². The number of carbonyl (C=O) groups is 2. The van der Waals surface area contributed by atoms with E-state index >= 15 is 0 Å². The first kappa shape index (κ1) is 14.5. The van der Waals surface area contributed by atoms with Crippen LogP contribution in [0.2, 0.25) is 0 Å². The minimum atomic E-state index is -4.73. The van der Waals surface area contributed by atoms with Gasteiger partial charge < -0.3 is 5.11 Å². The van der Waals surface area contributed by atoms with Gasteiger partial charge in [0.25, 0.3) is 0 Å². The Kier molecular flexibility index (Phi) is 4.33. The third kappa shape index (κ3) is 3.46. The average Bonchev–Trinajstić information content (AvgIpc) is 2.26. The molecule has 0 unspecified atom stereocenters. The van der Waals surface area contributed by atoms with Crippen LogP contribution in [0.3, 0.4) is 0 Å². The van der Waals surface area contributed by atoms with Crippen LogP contribution in [0.4, 0.5) is 23.7 Å². The fourth-order valence-electron chi connectivity index (χ4n) is 1.30. The maximum absolute atomic E-state index is 12.7. The summed E-state index contributed by atoms with van der Waals surface area (Å²) in [6.07, 6.45) is -6.22. The highest BCUT2D eigenvalue weighted by Crippen LogP contribution is 2.34. The number of carboxylic acid groups (broad SMARTS) is 1. The molecule has 0 saturated carbocycles. The summed E-state index contributed by atoms with van der Waals surface area (Å²) in [5, 5.41) is 9.97. The zero-order chi connectivity index (χ0) is 13.9. The smallest absolute Gasteiger partial charge is 0.417 e. The molecule has 0 saturated heterocycles. The van der Waals surface area contributed by atoms with Crippen LogP contribution in [0, 0.1) is 0 Å². The first-order chi connectivity index (χ1) is 8.25. The number of hydrogen-bond acceptors (Lipinski definition) is 2. The quantitative estimate of drug-likeness (QED) is 0.661. The fourth-order valence-corrected chi connectivity index (χ4v) is 1.60. The molecule has 98 valence electrons. The Hall–Kier alpha value is -1.57. The molecule has 0 aliphatic carbocycles. The Balaban J connectivity index is 3.29. The molecule has 0 fully saturated rings. The highest BCUT2D eigenvalue weighted by atomic mass is 79.9. The summed E-state index contributed by atoms with van der Waals surface area (Å²) in [7, 11) is 0. The number of Topliss-reactive ketones (excluding diaryl/α,β-unsaturated/α-hetero) is 1. The van der Waals surface area contributed by atoms with Gasteiger partial charge in [-0.25, -0.2) is 4.79 Å². The standard InChI is InChI=1S/C10H7BrF3NO3/c11-4-8(16)6-2-1-5(15-9(17)18)3-7(6)10(12,13)14/h1-3,15H,4H2,(H,17,18). The number of amides is 1. The summed E-state index contributed by atoms with van der Waals surface area (Å²) in [5.74, 6) is -0.732. The van der Waals surface area contributed by atoms with E-state index in [1.165, 1.54) is 0 Å². The van der Waals surface area contributed by atoms with Gasteiger partial charge in [-0.3, -0.25) is 10.1 Å². The lowest BCUT2D eigenvalue weighted by Crippen LogP contribution is -2.15. The van der Waals surface area contributed by atoms with E-state index in [0.29, 0.717) is 6.07 Å². The van der Waals surface area contributed by atoms with Crippen molar-refractivity contribution in [3.63, 3.8) is 0 Å². The van der Waals surface area contributed by atoms with Crippen LogP contribution in [0.25, 0.3) is 0 Å². The van der Waals surface area contributed by atoms with E-state index in [1.807, 2.05) is 0 Å². The topological polar surface area (TPSA) is 66.4 Å². The highest BCUT2D eigenvalue weighted by Gasteiger charge is 2.35. The van der Waals surface area contributed by atoms with E-state index in [2.05, 4.69) is 15.9 Å². The Morgan fingerprint density at radius 3 is 2.39 bits per heavy atom. The summed E-state index contributed by atoms with van der Waals surface area (Å²) < 4.78 is 38.2. The van der Waals surface area contributed by atoms with Gasteiger partial charge in [-0.05, 0) is 18.2 Å². The van der Waals surface area contributed by atoms with Gasteiger partial charge in [-0.1, -0.05) is 15.9 Å². The number of alkyl halides is 4. The zero-order valence-electron chi connectivity index (χ0n) is 8.71. The maximum Gasteiger partial charge on any atom is 0.417 e. The van der Waals surface area contributed by atoms with Crippen molar-refractivity contribution in [1.29, 1.82) is 0 Å². The lowest BCUT2D eigenvalue weighted by atomic mass is 10.0. The minimum absolute atomic E-state index is 0.248. The van der Waals surface area contributed by atoms with Gasteiger partial charge in [0.05, 0.1) is 10.9 Å². The zero-order valence-corrected chi connectivity index (χ0v) is 10.3. The molecule has 0 spiro atoms. The molecule has 0 aliphatic rings. The Labute approximate surface area is 108 Å². The number of rotatable bonds is 3. The molecule has 1 rings (SSSR count). The van der Waals surface area contributed by atoms with Crippen LogP contribution in [0.1, 0.15) is 15.9 Å². The van der Waals surface area contributed by atoms with Crippen molar-refractivity contribution >= 4 is 33.5 Å². The van der Waals surface area contributed by atoms with Gasteiger partial charge >= 0.3 is 12.3 Å². The molecule has 1 aromatic rings. The van der Waals surface area contributed by atoms with Gasteiger partial charge in [-0.2, -0.15) is 13.2 Å². The predicted octanol–water partition coefficient (Wildman–Crippen LogP) is 3.37. The molecule has 18 heavy (non-hydrogen) atoms. The van der Waals surface area contributed by atoms with Crippen molar-refractivity contribution in [1.82, 2.24) is 0 Å². The van der Waals surface area contributed by atoms with Crippen molar-refractivity contribution in [2.75, 3.05) is 10.6 Å². The van der Waals surface area contributed by atoms with Crippen LogP contribution < -0.4 is 5.32 Å². The molecular formula is C10H7BrF3NO3. The Morgan fingerprint density at radius 1 is 1.33 bits per heavy atom. The van der Waals surface area contributed by atoms with Crippen molar-refractivity contribution in [2.24, 2.45) is 0 Å². The lowest BCUT2D eigenvalue weighted by Gasteiger charge is -2.13. The van der Waals surface area contributed by atoms with Gasteiger partial charge in [0, 0.05) is 11.3 Å². The molecule has 0 radical (unpaired) electrons. The van der Waals surface area contributed by atoms with Crippen LogP contribution in [-0.2, 0) is 6.18 Å². The molecule has 0 heterocycles. The second kappa shape index (κ2) is 5.38.